The summed E-state index contributed by atoms with van der Waals surface area (Å²) < 4.78 is 5.90. The van der Waals surface area contributed by atoms with Gasteiger partial charge in [0.1, 0.15) is 6.10 Å². The number of nitrogens with zero attached hydrogens (tertiary/aromatic N) is 2. The van der Waals surface area contributed by atoms with Crippen molar-refractivity contribution in [2.45, 2.75) is 64.6 Å². The van der Waals surface area contributed by atoms with Crippen molar-refractivity contribution in [2.75, 3.05) is 6.54 Å². The lowest BCUT2D eigenvalue weighted by atomic mass is 10.3. The fourth-order valence-corrected chi connectivity index (χ4v) is 2.94. The lowest BCUT2D eigenvalue weighted by Gasteiger charge is -2.12. The molecular formula is C18H28N4O. The van der Waals surface area contributed by atoms with E-state index in [-0.39, 0.29) is 0 Å². The molecule has 0 radical (unpaired) electrons. The Morgan fingerprint density at radius 3 is 2.74 bits per heavy atom. The Labute approximate surface area is 138 Å². The molecule has 2 N–H and O–H groups in total. The number of ether oxygens (including phenoxy) is 1. The molecule has 2 atom stereocenters. The van der Waals surface area contributed by atoms with Gasteiger partial charge >= 0.3 is 0 Å². The van der Waals surface area contributed by atoms with Crippen molar-refractivity contribution in [3.63, 3.8) is 0 Å². The van der Waals surface area contributed by atoms with Crippen molar-refractivity contribution in [3.05, 3.63) is 23.9 Å². The second-order valence-corrected chi connectivity index (χ2v) is 6.69. The van der Waals surface area contributed by atoms with E-state index in [2.05, 4.69) is 40.5 Å². The van der Waals surface area contributed by atoms with Gasteiger partial charge < -0.3 is 15.4 Å². The summed E-state index contributed by atoms with van der Waals surface area (Å²) in [6, 6.07) is 4.60. The predicted molar refractivity (Wildman–Crippen MR) is 92.6 cm³/mol. The summed E-state index contributed by atoms with van der Waals surface area (Å²) in [7, 11) is 0. The van der Waals surface area contributed by atoms with Crippen LogP contribution in [0.1, 0.15) is 51.5 Å². The molecule has 5 nitrogen and oxygen atoms in total. The average molecular weight is 316 g/mol. The maximum atomic E-state index is 5.90. The standard InChI is InChI=1S/C18H28N4O/c1-3-19-18(22-16-10-13(16)2)21-12-14-8-9-17(20-11-14)23-15-6-4-5-7-15/h8-9,11,13,15-16H,3-7,10,12H2,1-2H3,(H2,19,21,22). The number of hydrogen-bond acceptors (Lipinski definition) is 3. The molecule has 0 spiro atoms. The fraction of sp³-hybridized carbons (Fsp3) is 0.667. The highest BCUT2D eigenvalue weighted by Crippen LogP contribution is 2.28. The third kappa shape index (κ3) is 4.85. The second kappa shape index (κ2) is 7.66. The Hall–Kier alpha value is -1.78. The summed E-state index contributed by atoms with van der Waals surface area (Å²) >= 11 is 0. The molecule has 0 saturated heterocycles. The largest absolute Gasteiger partial charge is 0.474 e. The maximum Gasteiger partial charge on any atom is 0.213 e. The zero-order chi connectivity index (χ0) is 16.1. The summed E-state index contributed by atoms with van der Waals surface area (Å²) in [4.78, 5) is 9.06. The number of aromatic nitrogens is 1. The summed E-state index contributed by atoms with van der Waals surface area (Å²) in [6.45, 7) is 5.85. The highest BCUT2D eigenvalue weighted by molar-refractivity contribution is 5.80. The molecule has 3 rings (SSSR count). The summed E-state index contributed by atoms with van der Waals surface area (Å²) in [5.74, 6) is 2.39. The first-order valence-electron chi connectivity index (χ1n) is 8.91. The molecule has 0 aromatic carbocycles. The minimum Gasteiger partial charge on any atom is -0.474 e. The maximum absolute atomic E-state index is 5.90. The van der Waals surface area contributed by atoms with Crippen LogP contribution in [0, 0.1) is 5.92 Å². The highest BCUT2D eigenvalue weighted by atomic mass is 16.5. The first-order chi connectivity index (χ1) is 11.2. The minimum atomic E-state index is 0.358. The van der Waals surface area contributed by atoms with E-state index in [0.717, 1.165) is 42.7 Å². The van der Waals surface area contributed by atoms with Crippen LogP contribution in [0.15, 0.2) is 23.3 Å². The van der Waals surface area contributed by atoms with Crippen molar-refractivity contribution in [1.82, 2.24) is 15.6 Å². The molecular weight excluding hydrogens is 288 g/mol. The van der Waals surface area contributed by atoms with Crippen LogP contribution in [0.5, 0.6) is 5.88 Å². The van der Waals surface area contributed by atoms with Gasteiger partial charge in [0.2, 0.25) is 5.88 Å². The molecule has 1 aromatic heterocycles. The van der Waals surface area contributed by atoms with Gasteiger partial charge in [-0.1, -0.05) is 13.0 Å². The minimum absolute atomic E-state index is 0.358. The number of rotatable bonds is 6. The van der Waals surface area contributed by atoms with Crippen molar-refractivity contribution in [2.24, 2.45) is 10.9 Å². The van der Waals surface area contributed by atoms with Crippen LogP contribution in [-0.4, -0.2) is 29.6 Å². The van der Waals surface area contributed by atoms with Gasteiger partial charge in [-0.05, 0) is 50.5 Å². The van der Waals surface area contributed by atoms with E-state index in [1.807, 2.05) is 12.3 Å². The Bertz CT molecular complexity index is 522. The van der Waals surface area contributed by atoms with Gasteiger partial charge in [0.05, 0.1) is 6.54 Å². The first-order valence-corrected chi connectivity index (χ1v) is 8.91. The zero-order valence-electron chi connectivity index (χ0n) is 14.2. The van der Waals surface area contributed by atoms with Gasteiger partial charge in [-0.2, -0.15) is 0 Å². The van der Waals surface area contributed by atoms with Gasteiger partial charge in [0, 0.05) is 24.8 Å². The third-order valence-corrected chi connectivity index (χ3v) is 4.58. The molecule has 1 aromatic rings. The molecule has 1 heterocycles. The Balaban J connectivity index is 1.52. The van der Waals surface area contributed by atoms with Crippen LogP contribution < -0.4 is 15.4 Å². The lowest BCUT2D eigenvalue weighted by molar-refractivity contribution is 0.201. The number of guanidine groups is 1. The van der Waals surface area contributed by atoms with Gasteiger partial charge in [-0.3, -0.25) is 0 Å². The average Bonchev–Trinajstić information content (AvgIpc) is 3.01. The molecule has 2 saturated carbocycles. The molecule has 2 fully saturated rings. The van der Waals surface area contributed by atoms with Gasteiger partial charge in [-0.25, -0.2) is 9.98 Å². The molecule has 5 heteroatoms. The molecule has 2 aliphatic carbocycles. The normalized spacial score (nSPS) is 24.5. The molecule has 2 unspecified atom stereocenters. The summed E-state index contributed by atoms with van der Waals surface area (Å²) in [5, 5.41) is 6.76. The van der Waals surface area contributed by atoms with Crippen LogP contribution >= 0.6 is 0 Å². The third-order valence-electron chi connectivity index (χ3n) is 4.58. The predicted octanol–water partition coefficient (Wildman–Crippen LogP) is 2.87. The number of aliphatic imine (C=N–C) groups is 1. The topological polar surface area (TPSA) is 58.5 Å². The first kappa shape index (κ1) is 16.1. The van der Waals surface area contributed by atoms with Crippen LogP contribution in [0.25, 0.3) is 0 Å². The summed E-state index contributed by atoms with van der Waals surface area (Å²) in [6.07, 6.45) is 8.33. The van der Waals surface area contributed by atoms with Crippen LogP contribution in [-0.2, 0) is 6.54 Å². The number of hydrogen-bond donors (Lipinski definition) is 2. The van der Waals surface area contributed by atoms with Gasteiger partial charge in [0.15, 0.2) is 5.96 Å². The molecule has 0 bridgehead atoms. The van der Waals surface area contributed by atoms with E-state index in [1.165, 1.54) is 19.3 Å². The molecule has 0 amide bonds. The van der Waals surface area contributed by atoms with Crippen molar-refractivity contribution >= 4 is 5.96 Å². The fourth-order valence-electron chi connectivity index (χ4n) is 2.94. The van der Waals surface area contributed by atoms with E-state index in [4.69, 9.17) is 4.74 Å². The van der Waals surface area contributed by atoms with E-state index in [9.17, 15) is 0 Å². The quantitative estimate of drug-likeness (QED) is 0.626. The summed E-state index contributed by atoms with van der Waals surface area (Å²) in [5.41, 5.74) is 1.10. The Morgan fingerprint density at radius 1 is 1.35 bits per heavy atom. The number of nitrogens with one attached hydrogen (secondary N) is 2. The Kier molecular flexibility index (Phi) is 5.36. The lowest BCUT2D eigenvalue weighted by Crippen LogP contribution is -2.39. The van der Waals surface area contributed by atoms with Crippen molar-refractivity contribution in [1.29, 1.82) is 0 Å². The van der Waals surface area contributed by atoms with Crippen LogP contribution in [0.4, 0.5) is 0 Å². The second-order valence-electron chi connectivity index (χ2n) is 6.69. The van der Waals surface area contributed by atoms with E-state index in [1.54, 1.807) is 0 Å². The van der Waals surface area contributed by atoms with E-state index in [0.29, 0.717) is 18.7 Å². The van der Waals surface area contributed by atoms with Crippen molar-refractivity contribution in [3.8, 4) is 5.88 Å². The van der Waals surface area contributed by atoms with E-state index >= 15 is 0 Å². The highest BCUT2D eigenvalue weighted by Gasteiger charge is 2.33. The zero-order valence-corrected chi connectivity index (χ0v) is 14.2. The van der Waals surface area contributed by atoms with Gasteiger partial charge in [-0.15, -0.1) is 0 Å². The van der Waals surface area contributed by atoms with Crippen LogP contribution in [0.2, 0.25) is 0 Å². The molecule has 2 aliphatic rings. The monoisotopic (exact) mass is 316 g/mol. The van der Waals surface area contributed by atoms with Crippen molar-refractivity contribution < 1.29 is 4.74 Å². The molecule has 126 valence electrons. The number of pyridine rings is 1. The molecule has 23 heavy (non-hydrogen) atoms. The smallest absolute Gasteiger partial charge is 0.213 e. The van der Waals surface area contributed by atoms with E-state index < -0.39 is 0 Å². The SMILES string of the molecule is CCNC(=NCc1ccc(OC2CCCC2)nc1)NC1CC1C. The van der Waals surface area contributed by atoms with Crippen LogP contribution in [0.3, 0.4) is 0 Å². The van der Waals surface area contributed by atoms with Gasteiger partial charge in [0.25, 0.3) is 0 Å². The Morgan fingerprint density at radius 2 is 2.13 bits per heavy atom. The molecule has 0 aliphatic heterocycles.